The van der Waals surface area contributed by atoms with Crippen molar-refractivity contribution >= 4 is 88.4 Å². The van der Waals surface area contributed by atoms with Gasteiger partial charge in [0.05, 0.1) is 22.2 Å². The van der Waals surface area contributed by atoms with E-state index in [1.807, 2.05) is 71.7 Å². The lowest BCUT2D eigenvalue weighted by atomic mass is 10.0. The van der Waals surface area contributed by atoms with Crippen LogP contribution in [0, 0.1) is 0 Å². The second kappa shape index (κ2) is 15.1. The molecule has 0 spiro atoms. The molecular weight excluding hydrogens is 706 g/mol. The van der Waals surface area contributed by atoms with Gasteiger partial charge in [0.15, 0.2) is 0 Å². The number of nitrogens with zero attached hydrogens (tertiary/aromatic N) is 1. The van der Waals surface area contributed by atoms with Gasteiger partial charge < -0.3 is 4.90 Å². The molecule has 1 aliphatic rings. The van der Waals surface area contributed by atoms with Crippen LogP contribution < -0.4 is 4.90 Å². The Morgan fingerprint density at radius 3 is 2.30 bits per heavy atom. The fraction of sp³-hybridized carbons (Fsp3) is 0.212. The van der Waals surface area contributed by atoms with Gasteiger partial charge in [-0.3, -0.25) is 9.11 Å². The Bertz CT molecular complexity index is 2040. The molecule has 7 nitrogen and oxygen atoms in total. The molecule has 242 valence electrons. The number of thioether (sulfide) groups is 1. The van der Waals surface area contributed by atoms with Crippen LogP contribution in [-0.4, -0.2) is 44.0 Å². The molecule has 0 bridgehead atoms. The van der Waals surface area contributed by atoms with Gasteiger partial charge in [-0.2, -0.15) is 16.8 Å². The Morgan fingerprint density at radius 1 is 0.870 bits per heavy atom. The zero-order chi connectivity index (χ0) is 32.9. The Kier molecular flexibility index (Phi) is 11.4. The van der Waals surface area contributed by atoms with E-state index in [4.69, 9.17) is 23.2 Å². The van der Waals surface area contributed by atoms with Gasteiger partial charge in [0.2, 0.25) is 0 Å². The number of allylic oxidation sites excluding steroid dienone is 4. The van der Waals surface area contributed by atoms with E-state index in [1.54, 1.807) is 17.4 Å². The number of thiophene rings is 1. The predicted molar refractivity (Wildman–Crippen MR) is 193 cm³/mol. The molecule has 5 rings (SSSR count). The molecule has 1 aliphatic heterocycles. The van der Waals surface area contributed by atoms with Crippen LogP contribution in [0.2, 0.25) is 10.0 Å². The van der Waals surface area contributed by atoms with Crippen LogP contribution in [0.25, 0.3) is 16.2 Å². The van der Waals surface area contributed by atoms with Crippen LogP contribution in [-0.2, 0) is 33.1 Å². The largest absolute Gasteiger partial charge is 0.335 e. The maximum Gasteiger partial charge on any atom is 0.264 e. The molecule has 3 aromatic carbocycles. The summed E-state index contributed by atoms with van der Waals surface area (Å²) in [5.74, 6) is -0.658. The van der Waals surface area contributed by atoms with E-state index in [2.05, 4.69) is 18.2 Å². The van der Waals surface area contributed by atoms with Crippen molar-refractivity contribution in [2.45, 2.75) is 30.6 Å². The molecule has 0 saturated carbocycles. The molecule has 4 aromatic rings. The van der Waals surface area contributed by atoms with E-state index >= 15 is 0 Å². The highest BCUT2D eigenvalue weighted by Crippen LogP contribution is 2.47. The summed E-state index contributed by atoms with van der Waals surface area (Å²) in [6.07, 6.45) is 9.77. The van der Waals surface area contributed by atoms with Crippen molar-refractivity contribution in [2.75, 3.05) is 23.0 Å². The third-order valence-electron chi connectivity index (χ3n) is 7.23. The first-order valence-electron chi connectivity index (χ1n) is 14.3. The Labute approximate surface area is 287 Å². The van der Waals surface area contributed by atoms with Crippen LogP contribution in [0.3, 0.4) is 0 Å². The maximum absolute atomic E-state index is 11.4. The van der Waals surface area contributed by atoms with Gasteiger partial charge in [-0.25, -0.2) is 0 Å². The summed E-state index contributed by atoms with van der Waals surface area (Å²) >= 11 is 15.7. The summed E-state index contributed by atoms with van der Waals surface area (Å²) in [5.41, 5.74) is 4.04. The highest BCUT2D eigenvalue weighted by atomic mass is 35.5. The van der Waals surface area contributed by atoms with Crippen molar-refractivity contribution < 1.29 is 25.9 Å². The van der Waals surface area contributed by atoms with Gasteiger partial charge in [-0.1, -0.05) is 83.5 Å². The fourth-order valence-corrected chi connectivity index (χ4v) is 8.97. The lowest BCUT2D eigenvalue weighted by molar-refractivity contribution is 0.479. The molecule has 0 atom stereocenters. The molecule has 2 N–H and O–H groups in total. The first kappa shape index (κ1) is 34.7. The molecule has 0 amide bonds. The summed E-state index contributed by atoms with van der Waals surface area (Å²) in [7, 11) is -8.16. The van der Waals surface area contributed by atoms with Gasteiger partial charge in [0.25, 0.3) is 20.2 Å². The zero-order valence-electron chi connectivity index (χ0n) is 24.5. The summed E-state index contributed by atoms with van der Waals surface area (Å²) in [5, 5.41) is 3.11. The third kappa shape index (κ3) is 9.71. The van der Waals surface area contributed by atoms with E-state index in [9.17, 15) is 25.9 Å². The maximum atomic E-state index is 11.4. The minimum atomic E-state index is -4.08. The monoisotopic (exact) mass is 735 g/mol. The lowest BCUT2D eigenvalue weighted by Gasteiger charge is -2.20. The number of hydrogen-bond donors (Lipinski definition) is 2. The smallest absolute Gasteiger partial charge is 0.264 e. The predicted octanol–water partition coefficient (Wildman–Crippen LogP) is 8.94. The van der Waals surface area contributed by atoms with E-state index < -0.39 is 20.2 Å². The number of fused-ring (bicyclic) bond motifs is 2. The van der Waals surface area contributed by atoms with Crippen molar-refractivity contribution in [1.82, 2.24) is 0 Å². The second-order valence-corrected chi connectivity index (χ2v) is 16.9. The molecular formula is C33H31Cl2NO6S4. The normalized spacial score (nSPS) is 15.0. The van der Waals surface area contributed by atoms with E-state index in [-0.39, 0.29) is 24.3 Å². The van der Waals surface area contributed by atoms with Gasteiger partial charge in [-0.05, 0) is 90.3 Å². The summed E-state index contributed by atoms with van der Waals surface area (Å²) in [4.78, 5) is 3.96. The van der Waals surface area contributed by atoms with Crippen molar-refractivity contribution in [3.63, 3.8) is 0 Å². The first-order valence-corrected chi connectivity index (χ1v) is 19.9. The van der Waals surface area contributed by atoms with E-state index in [0.717, 1.165) is 47.3 Å². The molecule has 0 unspecified atom stereocenters. The standard InChI is InChI=1S/C33H31Cl2NO6S4/c34-25-11-13-28-27(8-4-18-45(37,38)39)30(43-31(28)21-25)15-9-24(20-23-6-2-1-3-7-23)10-16-33-36(17-5-19-46(40,41)42)29-14-12-26(35)22-32(29)44-33/h1-3,6-7,9-16,21-22H,4-5,8,17-20H2,(H,37,38,39)(H,40,41,42)/b15-9+,24-10-,33-16-. The average Bonchev–Trinajstić information content (AvgIpc) is 3.50. The Hall–Kier alpha value is -2.61. The summed E-state index contributed by atoms with van der Waals surface area (Å²) < 4.78 is 65.1. The molecule has 13 heteroatoms. The van der Waals surface area contributed by atoms with Crippen molar-refractivity contribution in [3.05, 3.63) is 122 Å². The number of anilines is 1. The molecule has 1 aromatic heterocycles. The highest BCUT2D eigenvalue weighted by molar-refractivity contribution is 8.03. The highest BCUT2D eigenvalue weighted by Gasteiger charge is 2.25. The summed E-state index contributed by atoms with van der Waals surface area (Å²) in [6, 6.07) is 21.3. The number of halogens is 2. The van der Waals surface area contributed by atoms with Crippen LogP contribution >= 0.6 is 46.3 Å². The average molecular weight is 737 g/mol. The quantitative estimate of drug-likeness (QED) is 0.103. The van der Waals surface area contributed by atoms with Crippen molar-refractivity contribution in [3.8, 4) is 0 Å². The van der Waals surface area contributed by atoms with Crippen LogP contribution in [0.5, 0.6) is 0 Å². The number of rotatable bonds is 13. The Balaban J connectivity index is 1.50. The van der Waals surface area contributed by atoms with Gasteiger partial charge in [0, 0.05) is 31.1 Å². The van der Waals surface area contributed by atoms with Crippen LogP contribution in [0.15, 0.2) is 100 Å². The van der Waals surface area contributed by atoms with Crippen LogP contribution in [0.4, 0.5) is 5.69 Å². The van der Waals surface area contributed by atoms with Gasteiger partial charge in [0.1, 0.15) is 0 Å². The fourth-order valence-electron chi connectivity index (χ4n) is 5.17. The third-order valence-corrected chi connectivity index (χ3v) is 11.6. The van der Waals surface area contributed by atoms with E-state index in [1.165, 1.54) is 11.8 Å². The molecule has 0 radical (unpaired) electrons. The SMILES string of the molecule is O=S(=O)(O)CCCc1c(/C=C/C(=C/C=C2\Sc3cc(Cl)ccc3N2CCCS(=O)(=O)O)Cc2ccccc2)sc2cc(Cl)ccc12. The summed E-state index contributed by atoms with van der Waals surface area (Å²) in [6.45, 7) is 0.391. The number of aryl methyl sites for hydroxylation is 1. The topological polar surface area (TPSA) is 112 Å². The molecule has 2 heterocycles. The molecule has 46 heavy (non-hydrogen) atoms. The van der Waals surface area contributed by atoms with E-state index in [0.29, 0.717) is 29.4 Å². The molecule has 0 fully saturated rings. The number of benzene rings is 3. The van der Waals surface area contributed by atoms with Crippen molar-refractivity contribution in [1.29, 1.82) is 0 Å². The first-order chi connectivity index (χ1) is 21.8. The van der Waals surface area contributed by atoms with Crippen molar-refractivity contribution in [2.24, 2.45) is 0 Å². The molecule has 0 saturated heterocycles. The minimum Gasteiger partial charge on any atom is -0.335 e. The van der Waals surface area contributed by atoms with Crippen LogP contribution in [0.1, 0.15) is 28.8 Å². The zero-order valence-corrected chi connectivity index (χ0v) is 29.3. The lowest BCUT2D eigenvalue weighted by Crippen LogP contribution is -2.21. The minimum absolute atomic E-state index is 0.246. The van der Waals surface area contributed by atoms with Gasteiger partial charge in [-0.15, -0.1) is 11.3 Å². The van der Waals surface area contributed by atoms with Gasteiger partial charge >= 0.3 is 0 Å². The number of hydrogen-bond acceptors (Lipinski definition) is 7. The molecule has 0 aliphatic carbocycles. The second-order valence-electron chi connectivity index (χ2n) is 10.7. The Morgan fingerprint density at radius 2 is 1.57 bits per heavy atom.